The predicted molar refractivity (Wildman–Crippen MR) is 75.1 cm³/mol. The highest BCUT2D eigenvalue weighted by Gasteiger charge is 2.22. The summed E-state index contributed by atoms with van der Waals surface area (Å²) >= 11 is 0. The summed E-state index contributed by atoms with van der Waals surface area (Å²) in [7, 11) is 2.09. The van der Waals surface area contributed by atoms with E-state index in [1.807, 2.05) is 12.1 Å². The summed E-state index contributed by atoms with van der Waals surface area (Å²) in [6.45, 7) is 2.32. The zero-order valence-electron chi connectivity index (χ0n) is 11.2. The van der Waals surface area contributed by atoms with Gasteiger partial charge in [0.25, 0.3) is 0 Å². The summed E-state index contributed by atoms with van der Waals surface area (Å²) in [5, 5.41) is 7.44. The maximum atomic E-state index is 7.44. The molecule has 1 aromatic rings. The number of aromatic nitrogens is 1. The maximum Gasteiger partial charge on any atom is 0.141 e. The molecule has 1 aliphatic carbocycles. The zero-order valence-corrected chi connectivity index (χ0v) is 11.2. The lowest BCUT2D eigenvalue weighted by Crippen LogP contribution is -2.35. The molecule has 3 N–H and O–H groups in total. The van der Waals surface area contributed by atoms with E-state index in [0.717, 1.165) is 11.7 Å². The van der Waals surface area contributed by atoms with Gasteiger partial charge in [-0.3, -0.25) is 5.41 Å². The smallest absolute Gasteiger partial charge is 0.141 e. The predicted octanol–water partition coefficient (Wildman–Crippen LogP) is 2.38. The van der Waals surface area contributed by atoms with Gasteiger partial charge in [-0.2, -0.15) is 0 Å². The van der Waals surface area contributed by atoms with Crippen LogP contribution in [-0.2, 0) is 0 Å². The van der Waals surface area contributed by atoms with Crippen LogP contribution in [0.5, 0.6) is 0 Å². The first-order valence-electron chi connectivity index (χ1n) is 6.62. The van der Waals surface area contributed by atoms with E-state index in [-0.39, 0.29) is 5.84 Å². The molecule has 1 fully saturated rings. The summed E-state index contributed by atoms with van der Waals surface area (Å²) in [5.41, 5.74) is 6.04. The molecule has 0 unspecified atom stereocenters. The molecule has 1 heterocycles. The van der Waals surface area contributed by atoms with E-state index >= 15 is 0 Å². The summed E-state index contributed by atoms with van der Waals surface area (Å²) in [6.07, 6.45) is 5.04. The number of amidine groups is 1. The lowest BCUT2D eigenvalue weighted by atomic mass is 9.87. The number of rotatable bonds is 3. The molecule has 18 heavy (non-hydrogen) atoms. The number of nitrogen functional groups attached to an aromatic ring is 1. The van der Waals surface area contributed by atoms with Gasteiger partial charge in [0.15, 0.2) is 0 Å². The van der Waals surface area contributed by atoms with Crippen molar-refractivity contribution < 1.29 is 0 Å². The molecule has 0 spiro atoms. The average Bonchev–Trinajstić information content (AvgIpc) is 2.39. The molecule has 0 saturated heterocycles. The van der Waals surface area contributed by atoms with Gasteiger partial charge in [-0.25, -0.2) is 4.98 Å². The largest absolute Gasteiger partial charge is 0.382 e. The third kappa shape index (κ3) is 2.81. The summed E-state index contributed by atoms with van der Waals surface area (Å²) < 4.78 is 0. The van der Waals surface area contributed by atoms with Crippen molar-refractivity contribution in [3.8, 4) is 0 Å². The number of anilines is 1. The highest BCUT2D eigenvalue weighted by atomic mass is 15.2. The van der Waals surface area contributed by atoms with Crippen molar-refractivity contribution >= 4 is 11.7 Å². The van der Waals surface area contributed by atoms with Crippen LogP contribution in [0.3, 0.4) is 0 Å². The average molecular weight is 246 g/mol. The second-order valence-corrected chi connectivity index (χ2v) is 5.32. The van der Waals surface area contributed by atoms with E-state index in [4.69, 9.17) is 11.1 Å². The maximum absolute atomic E-state index is 7.44. The minimum atomic E-state index is 0.0301. The highest BCUT2D eigenvalue weighted by Crippen LogP contribution is 2.28. The van der Waals surface area contributed by atoms with Gasteiger partial charge >= 0.3 is 0 Å². The van der Waals surface area contributed by atoms with Gasteiger partial charge in [0, 0.05) is 13.1 Å². The van der Waals surface area contributed by atoms with Crippen molar-refractivity contribution in [1.82, 2.24) is 4.98 Å². The van der Waals surface area contributed by atoms with E-state index in [2.05, 4.69) is 23.9 Å². The van der Waals surface area contributed by atoms with Crippen LogP contribution < -0.4 is 10.6 Å². The highest BCUT2D eigenvalue weighted by molar-refractivity contribution is 5.93. The van der Waals surface area contributed by atoms with Crippen LogP contribution in [0.1, 0.15) is 38.3 Å². The van der Waals surface area contributed by atoms with E-state index in [9.17, 15) is 0 Å². The van der Waals surface area contributed by atoms with Crippen molar-refractivity contribution in [2.45, 2.75) is 38.6 Å². The first-order chi connectivity index (χ1) is 8.58. The van der Waals surface area contributed by atoms with Crippen LogP contribution in [-0.4, -0.2) is 23.9 Å². The molecular weight excluding hydrogens is 224 g/mol. The van der Waals surface area contributed by atoms with E-state index in [1.165, 1.54) is 25.7 Å². The summed E-state index contributed by atoms with van der Waals surface area (Å²) in [6, 6.07) is 6.25. The van der Waals surface area contributed by atoms with Crippen LogP contribution in [0.15, 0.2) is 18.2 Å². The number of nitrogens with zero attached hydrogens (tertiary/aromatic N) is 2. The lowest BCUT2D eigenvalue weighted by molar-refractivity contribution is 0.340. The summed E-state index contributed by atoms with van der Waals surface area (Å²) in [4.78, 5) is 6.68. The molecule has 1 aromatic heterocycles. The van der Waals surface area contributed by atoms with Gasteiger partial charge in [0.2, 0.25) is 0 Å². The number of pyridine rings is 1. The SMILES string of the molecule is CC1CCC(N(C)c2cccc(C(=N)N)n2)CC1. The number of nitrogens with two attached hydrogens (primary N) is 1. The molecule has 0 amide bonds. The molecule has 0 aliphatic heterocycles. The van der Waals surface area contributed by atoms with E-state index < -0.39 is 0 Å². The second-order valence-electron chi connectivity index (χ2n) is 5.32. The Balaban J connectivity index is 2.10. The van der Waals surface area contributed by atoms with Crippen LogP contribution in [0.2, 0.25) is 0 Å². The quantitative estimate of drug-likeness (QED) is 0.635. The third-order valence-electron chi connectivity index (χ3n) is 3.90. The normalized spacial score (nSPS) is 23.7. The van der Waals surface area contributed by atoms with E-state index in [1.54, 1.807) is 6.07 Å². The van der Waals surface area contributed by atoms with Crippen molar-refractivity contribution in [2.24, 2.45) is 11.7 Å². The second kappa shape index (κ2) is 5.38. The fourth-order valence-electron chi connectivity index (χ4n) is 2.59. The van der Waals surface area contributed by atoms with Gasteiger partial charge in [0.05, 0.1) is 0 Å². The minimum absolute atomic E-state index is 0.0301. The van der Waals surface area contributed by atoms with Gasteiger partial charge in [-0.1, -0.05) is 13.0 Å². The molecule has 98 valence electrons. The van der Waals surface area contributed by atoms with Gasteiger partial charge in [0.1, 0.15) is 17.3 Å². The Morgan fingerprint density at radius 2 is 2.00 bits per heavy atom. The number of nitrogens with one attached hydrogen (secondary N) is 1. The third-order valence-corrected chi connectivity index (χ3v) is 3.90. The van der Waals surface area contributed by atoms with Crippen molar-refractivity contribution in [3.05, 3.63) is 23.9 Å². The fourth-order valence-corrected chi connectivity index (χ4v) is 2.59. The first kappa shape index (κ1) is 12.9. The Hall–Kier alpha value is -1.58. The first-order valence-corrected chi connectivity index (χ1v) is 6.62. The van der Waals surface area contributed by atoms with Crippen molar-refractivity contribution in [2.75, 3.05) is 11.9 Å². The molecule has 0 radical (unpaired) electrons. The lowest BCUT2D eigenvalue weighted by Gasteiger charge is -2.34. The molecule has 0 aromatic carbocycles. The Labute approximate surface area is 109 Å². The molecular formula is C14H22N4. The van der Waals surface area contributed by atoms with Crippen LogP contribution in [0.25, 0.3) is 0 Å². The topological polar surface area (TPSA) is 66.0 Å². The Bertz CT molecular complexity index is 422. The molecule has 0 bridgehead atoms. The standard InChI is InChI=1S/C14H22N4/c1-10-6-8-11(9-7-10)18(2)13-5-3-4-12(17-13)14(15)16/h3-5,10-11H,6-9H2,1-2H3,(H3,15,16). The Morgan fingerprint density at radius 1 is 1.33 bits per heavy atom. The zero-order chi connectivity index (χ0) is 13.1. The van der Waals surface area contributed by atoms with Crippen LogP contribution in [0, 0.1) is 11.3 Å². The monoisotopic (exact) mass is 246 g/mol. The van der Waals surface area contributed by atoms with Gasteiger partial charge in [-0.05, 0) is 43.7 Å². The number of hydrogen-bond donors (Lipinski definition) is 2. The fraction of sp³-hybridized carbons (Fsp3) is 0.571. The molecule has 4 nitrogen and oxygen atoms in total. The van der Waals surface area contributed by atoms with Gasteiger partial charge in [-0.15, -0.1) is 0 Å². The van der Waals surface area contributed by atoms with Crippen molar-refractivity contribution in [3.63, 3.8) is 0 Å². The Kier molecular flexibility index (Phi) is 3.84. The molecule has 2 rings (SSSR count). The van der Waals surface area contributed by atoms with Crippen LogP contribution >= 0.6 is 0 Å². The molecule has 4 heteroatoms. The number of hydrogen-bond acceptors (Lipinski definition) is 3. The van der Waals surface area contributed by atoms with E-state index in [0.29, 0.717) is 11.7 Å². The molecule has 0 atom stereocenters. The van der Waals surface area contributed by atoms with Crippen LogP contribution in [0.4, 0.5) is 5.82 Å². The Morgan fingerprint density at radius 3 is 2.61 bits per heavy atom. The molecule has 1 saturated carbocycles. The summed E-state index contributed by atoms with van der Waals surface area (Å²) in [5.74, 6) is 1.80. The van der Waals surface area contributed by atoms with Crippen molar-refractivity contribution in [1.29, 1.82) is 5.41 Å². The van der Waals surface area contributed by atoms with Gasteiger partial charge < -0.3 is 10.6 Å². The molecule has 1 aliphatic rings. The minimum Gasteiger partial charge on any atom is -0.382 e.